The summed E-state index contributed by atoms with van der Waals surface area (Å²) < 4.78 is 5.37. The Morgan fingerprint density at radius 3 is 2.58 bits per heavy atom. The third kappa shape index (κ3) is 3.99. The largest absolute Gasteiger partial charge is 0.379 e. The lowest BCUT2D eigenvalue weighted by atomic mass is 10.0. The number of ether oxygens (including phenoxy) is 1. The summed E-state index contributed by atoms with van der Waals surface area (Å²) in [4.78, 5) is 8.45. The summed E-state index contributed by atoms with van der Waals surface area (Å²) in [6, 6.07) is 0. The summed E-state index contributed by atoms with van der Waals surface area (Å²) in [6.07, 6.45) is 1.98. The van der Waals surface area contributed by atoms with Crippen molar-refractivity contribution in [1.29, 1.82) is 0 Å². The molecule has 19 heavy (non-hydrogen) atoms. The molecule has 0 unspecified atom stereocenters. The van der Waals surface area contributed by atoms with E-state index in [4.69, 9.17) is 15.5 Å². The minimum Gasteiger partial charge on any atom is -0.379 e. The van der Waals surface area contributed by atoms with E-state index in [1.165, 1.54) is 15.6 Å². The van der Waals surface area contributed by atoms with Crippen molar-refractivity contribution in [3.8, 4) is 0 Å². The van der Waals surface area contributed by atoms with Crippen molar-refractivity contribution in [1.82, 2.24) is 9.88 Å². The SMILES string of the molecule is CCc1nc(CCN2CCOCC2)sc1C(C)(C)N. The van der Waals surface area contributed by atoms with Crippen LogP contribution in [0.4, 0.5) is 0 Å². The fourth-order valence-electron chi connectivity index (χ4n) is 2.33. The lowest BCUT2D eigenvalue weighted by molar-refractivity contribution is 0.0384. The smallest absolute Gasteiger partial charge is 0.0944 e. The van der Waals surface area contributed by atoms with Crippen molar-refractivity contribution in [2.24, 2.45) is 5.73 Å². The van der Waals surface area contributed by atoms with E-state index < -0.39 is 0 Å². The van der Waals surface area contributed by atoms with Crippen molar-refractivity contribution >= 4 is 11.3 Å². The van der Waals surface area contributed by atoms with Crippen LogP contribution in [0.3, 0.4) is 0 Å². The van der Waals surface area contributed by atoms with Crippen molar-refractivity contribution in [2.45, 2.75) is 39.2 Å². The molecular formula is C14H25N3OS. The molecule has 1 aliphatic rings. The Bertz CT molecular complexity index is 405. The van der Waals surface area contributed by atoms with Gasteiger partial charge in [-0.2, -0.15) is 0 Å². The summed E-state index contributed by atoms with van der Waals surface area (Å²) in [7, 11) is 0. The molecule has 0 bridgehead atoms. The summed E-state index contributed by atoms with van der Waals surface area (Å²) in [5.41, 5.74) is 7.13. The first-order chi connectivity index (χ1) is 9.00. The lowest BCUT2D eigenvalue weighted by Crippen LogP contribution is -2.37. The molecule has 0 aliphatic carbocycles. The van der Waals surface area contributed by atoms with Crippen LogP contribution in [0.25, 0.3) is 0 Å². The highest BCUT2D eigenvalue weighted by Gasteiger charge is 2.22. The fraction of sp³-hybridized carbons (Fsp3) is 0.786. The molecule has 4 nitrogen and oxygen atoms in total. The van der Waals surface area contributed by atoms with Crippen LogP contribution in [0.5, 0.6) is 0 Å². The van der Waals surface area contributed by atoms with E-state index in [-0.39, 0.29) is 5.54 Å². The third-order valence-electron chi connectivity index (χ3n) is 3.41. The van der Waals surface area contributed by atoms with Crippen molar-refractivity contribution < 1.29 is 4.74 Å². The van der Waals surface area contributed by atoms with Crippen LogP contribution in [0.1, 0.15) is 36.3 Å². The second-order valence-electron chi connectivity index (χ2n) is 5.66. The molecule has 2 N–H and O–H groups in total. The average Bonchev–Trinajstić information content (AvgIpc) is 2.81. The zero-order chi connectivity index (χ0) is 13.9. The number of hydrogen-bond acceptors (Lipinski definition) is 5. The van der Waals surface area contributed by atoms with E-state index >= 15 is 0 Å². The van der Waals surface area contributed by atoms with E-state index in [1.807, 2.05) is 0 Å². The molecule has 1 aliphatic heterocycles. The molecule has 1 aromatic rings. The maximum Gasteiger partial charge on any atom is 0.0944 e. The monoisotopic (exact) mass is 283 g/mol. The van der Waals surface area contributed by atoms with Gasteiger partial charge in [0, 0.05) is 36.5 Å². The topological polar surface area (TPSA) is 51.4 Å². The van der Waals surface area contributed by atoms with Gasteiger partial charge in [-0.25, -0.2) is 4.98 Å². The van der Waals surface area contributed by atoms with Gasteiger partial charge in [-0.1, -0.05) is 6.92 Å². The van der Waals surface area contributed by atoms with Gasteiger partial charge in [0.1, 0.15) is 0 Å². The van der Waals surface area contributed by atoms with Gasteiger partial charge in [0.05, 0.1) is 23.9 Å². The predicted octanol–water partition coefficient (Wildman–Crippen LogP) is 1.77. The molecular weight excluding hydrogens is 258 g/mol. The maximum atomic E-state index is 6.23. The second kappa shape index (κ2) is 6.31. The van der Waals surface area contributed by atoms with Crippen molar-refractivity contribution in [2.75, 3.05) is 32.8 Å². The number of hydrogen-bond donors (Lipinski definition) is 1. The second-order valence-corrected chi connectivity index (χ2v) is 6.75. The summed E-state index contributed by atoms with van der Waals surface area (Å²) in [6.45, 7) is 11.2. The molecule has 0 amide bonds. The Morgan fingerprint density at radius 1 is 1.37 bits per heavy atom. The minimum atomic E-state index is -0.278. The third-order valence-corrected chi connectivity index (χ3v) is 4.90. The van der Waals surface area contributed by atoms with Gasteiger partial charge in [-0.15, -0.1) is 11.3 Å². The van der Waals surface area contributed by atoms with Crippen LogP contribution >= 0.6 is 11.3 Å². The van der Waals surface area contributed by atoms with Gasteiger partial charge >= 0.3 is 0 Å². The molecule has 5 heteroatoms. The predicted molar refractivity (Wildman–Crippen MR) is 79.7 cm³/mol. The van der Waals surface area contributed by atoms with Crippen LogP contribution in [-0.2, 0) is 23.1 Å². The Morgan fingerprint density at radius 2 is 2.05 bits per heavy atom. The Kier molecular flexibility index (Phi) is 4.95. The first kappa shape index (κ1) is 14.9. The molecule has 0 saturated carbocycles. The quantitative estimate of drug-likeness (QED) is 0.895. The molecule has 2 rings (SSSR count). The van der Waals surface area contributed by atoms with Crippen molar-refractivity contribution in [3.05, 3.63) is 15.6 Å². The lowest BCUT2D eigenvalue weighted by Gasteiger charge is -2.26. The van der Waals surface area contributed by atoms with Crippen LogP contribution < -0.4 is 5.73 Å². The van der Waals surface area contributed by atoms with Gasteiger partial charge in [0.15, 0.2) is 0 Å². The number of nitrogens with zero attached hydrogens (tertiary/aromatic N) is 2. The average molecular weight is 283 g/mol. The van der Waals surface area contributed by atoms with Crippen LogP contribution in [0.2, 0.25) is 0 Å². The van der Waals surface area contributed by atoms with Gasteiger partial charge < -0.3 is 10.5 Å². The molecule has 0 atom stereocenters. The highest BCUT2D eigenvalue weighted by molar-refractivity contribution is 7.11. The number of morpholine rings is 1. The number of nitrogens with two attached hydrogens (primary N) is 1. The Balaban J connectivity index is 1.98. The number of rotatable bonds is 5. The summed E-state index contributed by atoms with van der Waals surface area (Å²) in [5, 5.41) is 1.22. The molecule has 1 fully saturated rings. The Hall–Kier alpha value is -0.490. The Labute approximate surface area is 120 Å². The molecule has 1 saturated heterocycles. The van der Waals surface area contributed by atoms with E-state index in [9.17, 15) is 0 Å². The first-order valence-corrected chi connectivity index (χ1v) is 7.90. The molecule has 0 aromatic carbocycles. The zero-order valence-corrected chi connectivity index (χ0v) is 13.1. The minimum absolute atomic E-state index is 0.278. The molecule has 2 heterocycles. The standard InChI is InChI=1S/C14H25N3OS/c1-4-11-13(14(2,3)15)19-12(16-11)5-6-17-7-9-18-10-8-17/h4-10,15H2,1-3H3. The van der Waals surface area contributed by atoms with E-state index in [0.29, 0.717) is 0 Å². The molecule has 1 aromatic heterocycles. The highest BCUT2D eigenvalue weighted by atomic mass is 32.1. The number of thiazole rings is 1. The normalized spacial score (nSPS) is 17.9. The van der Waals surface area contributed by atoms with E-state index in [0.717, 1.165) is 45.7 Å². The maximum absolute atomic E-state index is 6.23. The fourth-order valence-corrected chi connectivity index (χ4v) is 3.48. The first-order valence-electron chi connectivity index (χ1n) is 7.08. The zero-order valence-electron chi connectivity index (χ0n) is 12.2. The molecule has 0 radical (unpaired) electrons. The summed E-state index contributed by atoms with van der Waals surface area (Å²) >= 11 is 1.79. The molecule has 0 spiro atoms. The van der Waals surface area contributed by atoms with Gasteiger partial charge in [0.2, 0.25) is 0 Å². The van der Waals surface area contributed by atoms with Crippen molar-refractivity contribution in [3.63, 3.8) is 0 Å². The highest BCUT2D eigenvalue weighted by Crippen LogP contribution is 2.29. The van der Waals surface area contributed by atoms with Crippen LogP contribution in [-0.4, -0.2) is 42.7 Å². The van der Waals surface area contributed by atoms with Crippen LogP contribution in [0.15, 0.2) is 0 Å². The number of aryl methyl sites for hydroxylation is 1. The van der Waals surface area contributed by atoms with Gasteiger partial charge in [-0.05, 0) is 20.3 Å². The molecule has 108 valence electrons. The number of aromatic nitrogens is 1. The van der Waals surface area contributed by atoms with E-state index in [1.54, 1.807) is 11.3 Å². The van der Waals surface area contributed by atoms with Gasteiger partial charge in [-0.3, -0.25) is 4.90 Å². The summed E-state index contributed by atoms with van der Waals surface area (Å²) in [5.74, 6) is 0. The van der Waals surface area contributed by atoms with E-state index in [2.05, 4.69) is 25.7 Å². The van der Waals surface area contributed by atoms with Gasteiger partial charge in [0.25, 0.3) is 0 Å². The van der Waals surface area contributed by atoms with Crippen LogP contribution in [0, 0.1) is 0 Å².